The van der Waals surface area contributed by atoms with E-state index < -0.39 is 12.5 Å². The van der Waals surface area contributed by atoms with Gasteiger partial charge in [0.2, 0.25) is 6.43 Å². The highest BCUT2D eigenvalue weighted by Crippen LogP contribution is 2.28. The van der Waals surface area contributed by atoms with E-state index in [0.29, 0.717) is 29.5 Å². The molecule has 4 aromatic heterocycles. The molecule has 5 heterocycles. The number of nitrogens with zero attached hydrogens (tertiary/aromatic N) is 6. The molecule has 1 atom stereocenters. The van der Waals surface area contributed by atoms with E-state index in [1.54, 1.807) is 23.0 Å². The first-order valence-electron chi connectivity index (χ1n) is 13.8. The summed E-state index contributed by atoms with van der Waals surface area (Å²) in [7, 11) is 1.90. The fourth-order valence-electron chi connectivity index (χ4n) is 5.30. The number of alkyl halides is 2. The average Bonchev–Trinajstić information content (AvgIpc) is 3.62. The minimum atomic E-state index is -2.41. The Bertz CT molecular complexity index is 1590. The third-order valence-corrected chi connectivity index (χ3v) is 7.49. The van der Waals surface area contributed by atoms with Gasteiger partial charge in [0.15, 0.2) is 0 Å². The molecule has 1 aliphatic rings. The molecule has 1 aliphatic heterocycles. The van der Waals surface area contributed by atoms with Crippen molar-refractivity contribution in [1.82, 2.24) is 34.4 Å². The summed E-state index contributed by atoms with van der Waals surface area (Å²) in [6.45, 7) is 2.25. The molecular weight excluding hydrogens is 526 g/mol. The smallest absolute Gasteiger partial charge is 0.242 e. The van der Waals surface area contributed by atoms with Crippen molar-refractivity contribution in [2.24, 2.45) is 13.0 Å². The minimum Gasteiger partial charge on any atom is -0.490 e. The molecule has 5 aromatic rings. The van der Waals surface area contributed by atoms with Gasteiger partial charge in [-0.3, -0.25) is 9.08 Å². The Labute approximate surface area is 236 Å². The van der Waals surface area contributed by atoms with Gasteiger partial charge in [-0.25, -0.2) is 23.7 Å². The van der Waals surface area contributed by atoms with E-state index in [1.165, 1.54) is 6.33 Å². The van der Waals surface area contributed by atoms with Crippen LogP contribution in [0.25, 0.3) is 28.2 Å². The number of nitrogens with one attached hydrogen (secondary N) is 2. The molecule has 0 spiro atoms. The van der Waals surface area contributed by atoms with Crippen LogP contribution in [0.4, 0.5) is 14.6 Å². The predicted molar refractivity (Wildman–Crippen MR) is 153 cm³/mol. The molecule has 11 heteroatoms. The number of hydrogen-bond acceptors (Lipinski definition) is 7. The monoisotopic (exact) mass is 558 g/mol. The SMILES string of the molecule is Cn1cc(-c2ccc(CNc3cc(-c4cnc5cc(OC(CC(F)F)C6CCNCC6)ccn45)ncn3)cc2)cn1. The van der Waals surface area contributed by atoms with Crippen LogP contribution in [0.3, 0.4) is 0 Å². The summed E-state index contributed by atoms with van der Waals surface area (Å²) in [4.78, 5) is 13.4. The number of aryl methyl sites for hydroxylation is 1. The maximum absolute atomic E-state index is 13.3. The molecule has 0 aliphatic carbocycles. The zero-order valence-corrected chi connectivity index (χ0v) is 22.8. The van der Waals surface area contributed by atoms with Crippen LogP contribution < -0.4 is 15.4 Å². The van der Waals surface area contributed by atoms with Crippen LogP contribution in [0.2, 0.25) is 0 Å². The van der Waals surface area contributed by atoms with E-state index in [2.05, 4.69) is 54.9 Å². The molecule has 212 valence electrons. The Morgan fingerprint density at radius 2 is 1.85 bits per heavy atom. The Morgan fingerprint density at radius 3 is 2.61 bits per heavy atom. The van der Waals surface area contributed by atoms with Crippen LogP contribution >= 0.6 is 0 Å². The van der Waals surface area contributed by atoms with E-state index in [9.17, 15) is 8.78 Å². The van der Waals surface area contributed by atoms with Crippen molar-refractivity contribution in [1.29, 1.82) is 0 Å². The summed E-state index contributed by atoms with van der Waals surface area (Å²) in [5.74, 6) is 1.33. The second-order valence-corrected chi connectivity index (χ2v) is 10.3. The zero-order chi connectivity index (χ0) is 28.2. The number of halogens is 2. The molecule has 0 saturated carbocycles. The van der Waals surface area contributed by atoms with E-state index >= 15 is 0 Å². The van der Waals surface area contributed by atoms with Gasteiger partial charge in [-0.1, -0.05) is 24.3 Å². The maximum atomic E-state index is 13.3. The molecule has 1 fully saturated rings. The number of pyridine rings is 1. The first kappa shape index (κ1) is 26.8. The van der Waals surface area contributed by atoms with Crippen LogP contribution in [-0.2, 0) is 13.6 Å². The van der Waals surface area contributed by atoms with Crippen molar-refractivity contribution in [3.05, 3.63) is 79.1 Å². The van der Waals surface area contributed by atoms with Gasteiger partial charge in [-0.15, -0.1) is 0 Å². The van der Waals surface area contributed by atoms with Crippen LogP contribution in [0.1, 0.15) is 24.8 Å². The van der Waals surface area contributed by atoms with E-state index in [0.717, 1.165) is 48.3 Å². The molecule has 0 bridgehead atoms. The zero-order valence-electron chi connectivity index (χ0n) is 22.8. The summed E-state index contributed by atoms with van der Waals surface area (Å²) in [5.41, 5.74) is 5.47. The predicted octanol–water partition coefficient (Wildman–Crippen LogP) is 5.21. The lowest BCUT2D eigenvalue weighted by Gasteiger charge is -2.31. The van der Waals surface area contributed by atoms with E-state index in [4.69, 9.17) is 4.74 Å². The second-order valence-electron chi connectivity index (χ2n) is 10.3. The van der Waals surface area contributed by atoms with Crippen molar-refractivity contribution >= 4 is 11.5 Å². The molecule has 6 rings (SSSR count). The van der Waals surface area contributed by atoms with E-state index in [-0.39, 0.29) is 12.3 Å². The number of ether oxygens (including phenoxy) is 1. The van der Waals surface area contributed by atoms with Gasteiger partial charge in [-0.2, -0.15) is 5.10 Å². The number of imidazole rings is 1. The van der Waals surface area contributed by atoms with Gasteiger partial charge in [0.1, 0.15) is 29.6 Å². The van der Waals surface area contributed by atoms with Gasteiger partial charge < -0.3 is 15.4 Å². The van der Waals surface area contributed by atoms with Gasteiger partial charge in [0.05, 0.1) is 23.8 Å². The Balaban J connectivity index is 1.14. The van der Waals surface area contributed by atoms with Gasteiger partial charge in [0, 0.05) is 50.1 Å². The first-order valence-corrected chi connectivity index (χ1v) is 13.8. The first-order chi connectivity index (χ1) is 20.0. The number of piperidine rings is 1. The molecule has 1 saturated heterocycles. The third-order valence-electron chi connectivity index (χ3n) is 7.49. The highest BCUT2D eigenvalue weighted by atomic mass is 19.3. The summed E-state index contributed by atoms with van der Waals surface area (Å²) < 4.78 is 36.4. The standard InChI is InChI=1S/C30H32F2N8O/c1-39-18-23(16-38-39)21-4-2-20(3-5-21)15-34-29-13-25(36-19-37-29)26-17-35-30-12-24(8-11-40(26)30)41-27(14-28(31)32)22-6-9-33-10-7-22/h2-5,8,11-13,16-19,22,27-28,33H,6-7,9-10,14-15H2,1H3,(H,34,36,37). The van der Waals surface area contributed by atoms with Crippen molar-refractivity contribution in [3.8, 4) is 28.3 Å². The van der Waals surface area contributed by atoms with Crippen molar-refractivity contribution in [2.75, 3.05) is 18.4 Å². The Hall–Kier alpha value is -4.38. The Kier molecular flexibility index (Phi) is 7.86. The van der Waals surface area contributed by atoms with Crippen LogP contribution in [0.15, 0.2) is 73.6 Å². The normalized spacial score (nSPS) is 14.9. The molecular formula is C30H32F2N8O. The lowest BCUT2D eigenvalue weighted by molar-refractivity contribution is 0.0351. The highest BCUT2D eigenvalue weighted by molar-refractivity contribution is 5.64. The lowest BCUT2D eigenvalue weighted by atomic mass is 9.90. The number of aromatic nitrogens is 6. The lowest BCUT2D eigenvalue weighted by Crippen LogP contribution is -2.37. The number of fused-ring (bicyclic) bond motifs is 1. The van der Waals surface area contributed by atoms with Gasteiger partial charge in [-0.05, 0) is 49.0 Å². The summed E-state index contributed by atoms with van der Waals surface area (Å²) in [5, 5.41) is 10.9. The molecule has 1 aromatic carbocycles. The Morgan fingerprint density at radius 1 is 1.02 bits per heavy atom. The van der Waals surface area contributed by atoms with Crippen molar-refractivity contribution in [2.45, 2.75) is 38.3 Å². The van der Waals surface area contributed by atoms with E-state index in [1.807, 2.05) is 36.1 Å². The molecule has 0 amide bonds. The second kappa shape index (κ2) is 12.0. The number of benzene rings is 1. The molecule has 2 N–H and O–H groups in total. The number of hydrogen-bond donors (Lipinski definition) is 2. The largest absolute Gasteiger partial charge is 0.490 e. The van der Waals surface area contributed by atoms with Crippen LogP contribution in [-0.4, -0.2) is 54.8 Å². The topological polar surface area (TPSA) is 94.2 Å². The van der Waals surface area contributed by atoms with Crippen molar-refractivity contribution in [3.63, 3.8) is 0 Å². The van der Waals surface area contributed by atoms with Crippen LogP contribution in [0, 0.1) is 5.92 Å². The quantitative estimate of drug-likeness (QED) is 0.243. The third kappa shape index (κ3) is 6.35. The molecule has 9 nitrogen and oxygen atoms in total. The number of rotatable bonds is 10. The molecule has 1 unspecified atom stereocenters. The fraction of sp³-hybridized carbons (Fsp3) is 0.333. The van der Waals surface area contributed by atoms with Crippen LogP contribution in [0.5, 0.6) is 5.75 Å². The maximum Gasteiger partial charge on any atom is 0.242 e. The van der Waals surface area contributed by atoms with Gasteiger partial charge in [0.25, 0.3) is 0 Å². The highest BCUT2D eigenvalue weighted by Gasteiger charge is 2.28. The summed E-state index contributed by atoms with van der Waals surface area (Å²) in [6, 6.07) is 13.8. The average molecular weight is 559 g/mol. The number of anilines is 1. The molecule has 41 heavy (non-hydrogen) atoms. The summed E-state index contributed by atoms with van der Waals surface area (Å²) >= 11 is 0. The summed E-state index contributed by atoms with van der Waals surface area (Å²) in [6.07, 6.45) is 7.38. The fourth-order valence-corrected chi connectivity index (χ4v) is 5.30. The molecule has 0 radical (unpaired) electrons. The minimum absolute atomic E-state index is 0.0998. The van der Waals surface area contributed by atoms with Gasteiger partial charge >= 0.3 is 0 Å². The van der Waals surface area contributed by atoms with Crippen molar-refractivity contribution < 1.29 is 13.5 Å².